The van der Waals surface area contributed by atoms with Crippen LogP contribution in [0.15, 0.2) is 18.5 Å². The third-order valence-electron chi connectivity index (χ3n) is 3.99. The van der Waals surface area contributed by atoms with E-state index in [0.717, 1.165) is 6.54 Å². The molecule has 1 N–H and O–H groups in total. The maximum absolute atomic E-state index is 4.20. The summed E-state index contributed by atoms with van der Waals surface area (Å²) in [6.45, 7) is 7.92. The summed E-state index contributed by atoms with van der Waals surface area (Å²) >= 11 is 0. The first-order chi connectivity index (χ1) is 8.08. The first-order valence-corrected chi connectivity index (χ1v) is 6.45. The van der Waals surface area contributed by atoms with Gasteiger partial charge in [0, 0.05) is 24.8 Å². The van der Waals surface area contributed by atoms with Gasteiger partial charge in [-0.15, -0.1) is 0 Å². The highest BCUT2D eigenvalue weighted by Gasteiger charge is 2.28. The number of nitrogens with zero attached hydrogens (tertiary/aromatic N) is 2. The molecule has 0 spiro atoms. The normalized spacial score (nSPS) is 30.2. The van der Waals surface area contributed by atoms with Gasteiger partial charge in [0.1, 0.15) is 0 Å². The van der Waals surface area contributed by atoms with Crippen molar-refractivity contribution in [2.75, 3.05) is 18.9 Å². The van der Waals surface area contributed by atoms with Crippen molar-refractivity contribution < 1.29 is 0 Å². The van der Waals surface area contributed by atoms with Crippen molar-refractivity contribution in [3.8, 4) is 0 Å². The Morgan fingerprint density at radius 2 is 2.18 bits per heavy atom. The van der Waals surface area contributed by atoms with Crippen LogP contribution in [-0.2, 0) is 0 Å². The van der Waals surface area contributed by atoms with Crippen LogP contribution >= 0.6 is 0 Å². The van der Waals surface area contributed by atoms with Crippen LogP contribution in [0.25, 0.3) is 0 Å². The summed E-state index contributed by atoms with van der Waals surface area (Å²) in [6.07, 6.45) is 4.98. The van der Waals surface area contributed by atoms with E-state index in [-0.39, 0.29) is 0 Å². The van der Waals surface area contributed by atoms with E-state index in [9.17, 15) is 0 Å². The molecule has 2 heterocycles. The molecule has 0 bridgehead atoms. The van der Waals surface area contributed by atoms with E-state index in [4.69, 9.17) is 0 Å². The Morgan fingerprint density at radius 1 is 1.41 bits per heavy atom. The molecule has 0 saturated carbocycles. The average molecular weight is 233 g/mol. The molecular formula is C14H23N3. The lowest BCUT2D eigenvalue weighted by Gasteiger charge is -2.40. The van der Waals surface area contributed by atoms with E-state index >= 15 is 0 Å². The van der Waals surface area contributed by atoms with Crippen molar-refractivity contribution in [3.05, 3.63) is 24.0 Å². The van der Waals surface area contributed by atoms with E-state index in [0.29, 0.717) is 18.0 Å². The molecule has 0 aliphatic carbocycles. The van der Waals surface area contributed by atoms with Gasteiger partial charge in [-0.05, 0) is 44.9 Å². The third kappa shape index (κ3) is 2.78. The number of rotatable bonds is 2. The van der Waals surface area contributed by atoms with Gasteiger partial charge in [0.05, 0.1) is 11.9 Å². The van der Waals surface area contributed by atoms with Crippen molar-refractivity contribution in [1.82, 2.24) is 9.88 Å². The molecule has 1 aliphatic heterocycles. The van der Waals surface area contributed by atoms with E-state index in [1.807, 2.05) is 12.4 Å². The molecule has 3 nitrogen and oxygen atoms in total. The number of anilines is 1. The summed E-state index contributed by atoms with van der Waals surface area (Å²) in [4.78, 5) is 6.64. The van der Waals surface area contributed by atoms with E-state index < -0.39 is 0 Å². The Labute approximate surface area is 104 Å². The number of hydrogen-bond acceptors (Lipinski definition) is 3. The Kier molecular flexibility index (Phi) is 3.67. The fourth-order valence-electron chi connectivity index (χ4n) is 2.56. The predicted octanol–water partition coefficient (Wildman–Crippen LogP) is 2.53. The maximum atomic E-state index is 4.20. The molecule has 1 fully saturated rings. The van der Waals surface area contributed by atoms with Gasteiger partial charge in [-0.3, -0.25) is 4.98 Å². The molecule has 1 aliphatic rings. The van der Waals surface area contributed by atoms with Gasteiger partial charge in [0.15, 0.2) is 0 Å². The van der Waals surface area contributed by atoms with Crippen molar-refractivity contribution in [2.45, 2.75) is 39.3 Å². The molecule has 3 heteroatoms. The molecule has 1 aromatic rings. The monoisotopic (exact) mass is 233 g/mol. The van der Waals surface area contributed by atoms with Gasteiger partial charge >= 0.3 is 0 Å². The largest absolute Gasteiger partial charge is 0.380 e. The first-order valence-electron chi connectivity index (χ1n) is 6.45. The van der Waals surface area contributed by atoms with Gasteiger partial charge in [0.2, 0.25) is 0 Å². The Morgan fingerprint density at radius 3 is 2.88 bits per heavy atom. The highest BCUT2D eigenvalue weighted by Crippen LogP contribution is 2.25. The lowest BCUT2D eigenvalue weighted by atomic mass is 9.89. The summed E-state index contributed by atoms with van der Waals surface area (Å²) in [6, 6.07) is 3.27. The smallest absolute Gasteiger partial charge is 0.0558 e. The number of aromatic nitrogens is 1. The molecule has 2 rings (SSSR count). The van der Waals surface area contributed by atoms with Crippen molar-refractivity contribution >= 4 is 5.69 Å². The van der Waals surface area contributed by atoms with Crippen molar-refractivity contribution in [2.24, 2.45) is 5.92 Å². The topological polar surface area (TPSA) is 28.2 Å². The molecule has 94 valence electrons. The molecule has 0 aromatic carbocycles. The molecule has 3 atom stereocenters. The zero-order chi connectivity index (χ0) is 12.4. The lowest BCUT2D eigenvalue weighted by molar-refractivity contribution is 0.145. The number of nitrogens with one attached hydrogen (secondary N) is 1. The number of pyridine rings is 1. The Hall–Kier alpha value is -1.09. The van der Waals surface area contributed by atoms with Crippen LogP contribution in [0.1, 0.15) is 25.8 Å². The zero-order valence-electron chi connectivity index (χ0n) is 11.3. The van der Waals surface area contributed by atoms with E-state index in [1.54, 1.807) is 0 Å². The molecule has 0 amide bonds. The zero-order valence-corrected chi connectivity index (χ0v) is 11.3. The van der Waals surface area contributed by atoms with Crippen LogP contribution in [0.3, 0.4) is 0 Å². The van der Waals surface area contributed by atoms with E-state index in [2.05, 4.69) is 49.1 Å². The maximum Gasteiger partial charge on any atom is 0.0558 e. The minimum absolute atomic E-state index is 0.559. The SMILES string of the molecule is Cc1ccncc1NC1CC(C)N(C)CC1C. The van der Waals surface area contributed by atoms with Crippen LogP contribution < -0.4 is 5.32 Å². The minimum atomic E-state index is 0.559. The molecule has 1 saturated heterocycles. The van der Waals surface area contributed by atoms with Crippen LogP contribution in [0.5, 0.6) is 0 Å². The van der Waals surface area contributed by atoms with Crippen LogP contribution in [-0.4, -0.2) is 35.6 Å². The van der Waals surface area contributed by atoms with Gasteiger partial charge in [-0.25, -0.2) is 0 Å². The second-order valence-corrected chi connectivity index (χ2v) is 5.44. The Bertz CT molecular complexity index is 377. The fourth-order valence-corrected chi connectivity index (χ4v) is 2.56. The summed E-state index contributed by atoms with van der Waals surface area (Å²) in [5.41, 5.74) is 2.46. The number of likely N-dealkylation sites (tertiary alicyclic amines) is 1. The van der Waals surface area contributed by atoms with Crippen LogP contribution in [0.4, 0.5) is 5.69 Å². The lowest BCUT2D eigenvalue weighted by Crippen LogP contribution is -2.48. The van der Waals surface area contributed by atoms with Gasteiger partial charge < -0.3 is 10.2 Å². The standard InChI is InChI=1S/C14H23N3/c1-10-5-6-15-8-14(10)16-13-7-12(3)17(4)9-11(13)2/h5-6,8,11-13,16H,7,9H2,1-4H3. The second kappa shape index (κ2) is 5.05. The van der Waals surface area contributed by atoms with Gasteiger partial charge in [-0.2, -0.15) is 0 Å². The first kappa shape index (κ1) is 12.4. The van der Waals surface area contributed by atoms with Crippen molar-refractivity contribution in [1.29, 1.82) is 0 Å². The number of hydrogen-bond donors (Lipinski definition) is 1. The highest BCUT2D eigenvalue weighted by molar-refractivity contribution is 5.48. The van der Waals surface area contributed by atoms with Gasteiger partial charge in [-0.1, -0.05) is 6.92 Å². The van der Waals surface area contributed by atoms with Crippen LogP contribution in [0.2, 0.25) is 0 Å². The third-order valence-corrected chi connectivity index (χ3v) is 3.99. The summed E-state index contributed by atoms with van der Waals surface area (Å²) in [5.74, 6) is 0.677. The van der Waals surface area contributed by atoms with Crippen molar-refractivity contribution in [3.63, 3.8) is 0 Å². The fraction of sp³-hybridized carbons (Fsp3) is 0.643. The highest BCUT2D eigenvalue weighted by atomic mass is 15.2. The van der Waals surface area contributed by atoms with Crippen LogP contribution in [0, 0.1) is 12.8 Å². The number of piperidine rings is 1. The van der Waals surface area contributed by atoms with E-state index in [1.165, 1.54) is 17.7 Å². The second-order valence-electron chi connectivity index (χ2n) is 5.44. The van der Waals surface area contributed by atoms with Gasteiger partial charge in [0.25, 0.3) is 0 Å². The average Bonchev–Trinajstić information content (AvgIpc) is 2.29. The Balaban J connectivity index is 2.06. The quantitative estimate of drug-likeness (QED) is 0.851. The minimum Gasteiger partial charge on any atom is -0.380 e. The molecule has 1 aromatic heterocycles. The predicted molar refractivity (Wildman–Crippen MR) is 72.3 cm³/mol. The molecular weight excluding hydrogens is 210 g/mol. The molecule has 0 radical (unpaired) electrons. The summed E-state index contributed by atoms with van der Waals surface area (Å²) in [5, 5.41) is 3.66. The summed E-state index contributed by atoms with van der Waals surface area (Å²) < 4.78 is 0. The molecule has 17 heavy (non-hydrogen) atoms. The summed E-state index contributed by atoms with van der Waals surface area (Å²) in [7, 11) is 2.21. The molecule has 3 unspecified atom stereocenters. The number of aryl methyl sites for hydroxylation is 1.